The standard InChI is InChI=1S/C15H21N3O3/c1-8(2)21-13-6-9(3)16-15(17-13)18-10-4-5-12(18)11(7-10)14(19)20/h6,8,10-12H,4-5,7H2,1-3H3,(H,19,20). The van der Waals surface area contributed by atoms with Crippen LogP contribution in [0.25, 0.3) is 0 Å². The first-order valence-electron chi connectivity index (χ1n) is 7.49. The molecule has 0 amide bonds. The van der Waals surface area contributed by atoms with E-state index in [0.717, 1.165) is 18.5 Å². The van der Waals surface area contributed by atoms with Crippen molar-refractivity contribution in [2.45, 2.75) is 58.2 Å². The first-order valence-corrected chi connectivity index (χ1v) is 7.49. The van der Waals surface area contributed by atoms with Gasteiger partial charge >= 0.3 is 5.97 Å². The molecule has 3 atom stereocenters. The number of fused-ring (bicyclic) bond motifs is 2. The van der Waals surface area contributed by atoms with Crippen molar-refractivity contribution in [2.75, 3.05) is 4.90 Å². The van der Waals surface area contributed by atoms with E-state index in [9.17, 15) is 9.90 Å². The summed E-state index contributed by atoms with van der Waals surface area (Å²) in [5.74, 6) is 0.161. The molecule has 1 N–H and O–H groups in total. The third-order valence-corrected chi connectivity index (χ3v) is 4.26. The van der Waals surface area contributed by atoms with Gasteiger partial charge in [-0.1, -0.05) is 0 Å². The Morgan fingerprint density at radius 1 is 1.43 bits per heavy atom. The predicted octanol–water partition coefficient (Wildman–Crippen LogP) is 2.01. The molecule has 0 spiro atoms. The van der Waals surface area contributed by atoms with E-state index in [-0.39, 0.29) is 24.1 Å². The topological polar surface area (TPSA) is 75.5 Å². The summed E-state index contributed by atoms with van der Waals surface area (Å²) in [7, 11) is 0. The van der Waals surface area contributed by atoms with E-state index >= 15 is 0 Å². The van der Waals surface area contributed by atoms with Crippen molar-refractivity contribution >= 4 is 11.9 Å². The summed E-state index contributed by atoms with van der Waals surface area (Å²) in [5, 5.41) is 9.34. The third-order valence-electron chi connectivity index (χ3n) is 4.26. The number of hydrogen-bond donors (Lipinski definition) is 1. The molecule has 6 heteroatoms. The molecule has 1 aromatic heterocycles. The molecule has 114 valence electrons. The second kappa shape index (κ2) is 5.16. The largest absolute Gasteiger partial charge is 0.481 e. The van der Waals surface area contributed by atoms with Crippen LogP contribution >= 0.6 is 0 Å². The lowest BCUT2D eigenvalue weighted by molar-refractivity contribution is -0.142. The van der Waals surface area contributed by atoms with E-state index < -0.39 is 5.97 Å². The van der Waals surface area contributed by atoms with Crippen LogP contribution in [0.2, 0.25) is 0 Å². The number of aryl methyl sites for hydroxylation is 1. The Balaban J connectivity index is 1.90. The van der Waals surface area contributed by atoms with Crippen LogP contribution in [0.5, 0.6) is 5.88 Å². The van der Waals surface area contributed by atoms with Crippen LogP contribution < -0.4 is 9.64 Å². The van der Waals surface area contributed by atoms with Gasteiger partial charge in [0.2, 0.25) is 11.8 Å². The summed E-state index contributed by atoms with van der Waals surface area (Å²) in [5.41, 5.74) is 0.842. The summed E-state index contributed by atoms with van der Waals surface area (Å²) < 4.78 is 5.67. The van der Waals surface area contributed by atoms with Crippen molar-refractivity contribution in [3.63, 3.8) is 0 Å². The molecule has 6 nitrogen and oxygen atoms in total. The van der Waals surface area contributed by atoms with Crippen LogP contribution in [-0.2, 0) is 4.79 Å². The van der Waals surface area contributed by atoms with E-state index in [0.29, 0.717) is 18.2 Å². The maximum atomic E-state index is 11.4. The van der Waals surface area contributed by atoms with Crippen molar-refractivity contribution in [3.05, 3.63) is 11.8 Å². The molecule has 3 unspecified atom stereocenters. The lowest BCUT2D eigenvalue weighted by atomic mass is 9.89. The van der Waals surface area contributed by atoms with Crippen LogP contribution in [0.4, 0.5) is 5.95 Å². The fourth-order valence-electron chi connectivity index (χ4n) is 3.51. The van der Waals surface area contributed by atoms with Crippen molar-refractivity contribution in [1.82, 2.24) is 9.97 Å². The number of hydrogen-bond acceptors (Lipinski definition) is 5. The highest BCUT2D eigenvalue weighted by Crippen LogP contribution is 2.43. The second-order valence-corrected chi connectivity index (χ2v) is 6.20. The number of nitrogens with zero attached hydrogens (tertiary/aromatic N) is 3. The lowest BCUT2D eigenvalue weighted by Gasteiger charge is -2.24. The molecule has 0 aromatic carbocycles. The Kier molecular flexibility index (Phi) is 3.47. The molecule has 0 radical (unpaired) electrons. The zero-order chi connectivity index (χ0) is 15.1. The number of ether oxygens (including phenoxy) is 1. The van der Waals surface area contributed by atoms with Gasteiger partial charge in [-0.3, -0.25) is 4.79 Å². The minimum Gasteiger partial charge on any atom is -0.481 e. The van der Waals surface area contributed by atoms with Crippen LogP contribution in [-0.4, -0.2) is 39.2 Å². The Hall–Kier alpha value is -1.85. The quantitative estimate of drug-likeness (QED) is 0.914. The van der Waals surface area contributed by atoms with E-state index in [1.165, 1.54) is 0 Å². The van der Waals surface area contributed by atoms with Gasteiger partial charge in [-0.2, -0.15) is 4.98 Å². The molecule has 1 aromatic rings. The summed E-state index contributed by atoms with van der Waals surface area (Å²) in [6.45, 7) is 5.82. The van der Waals surface area contributed by atoms with Gasteiger partial charge in [-0.25, -0.2) is 4.98 Å². The van der Waals surface area contributed by atoms with Crippen LogP contribution in [0.3, 0.4) is 0 Å². The van der Waals surface area contributed by atoms with Crippen molar-refractivity contribution in [2.24, 2.45) is 5.92 Å². The van der Waals surface area contributed by atoms with Gasteiger partial charge in [0.25, 0.3) is 0 Å². The maximum Gasteiger partial charge on any atom is 0.308 e. The number of anilines is 1. The lowest BCUT2D eigenvalue weighted by Crippen LogP contribution is -2.34. The number of carbonyl (C=O) groups is 1. The third kappa shape index (κ3) is 2.54. The normalized spacial score (nSPS) is 27.4. The van der Waals surface area contributed by atoms with E-state index in [1.54, 1.807) is 0 Å². The molecule has 3 rings (SSSR count). The van der Waals surface area contributed by atoms with Gasteiger partial charge in [0.15, 0.2) is 0 Å². The molecular weight excluding hydrogens is 270 g/mol. The average Bonchev–Trinajstić information content (AvgIpc) is 2.94. The van der Waals surface area contributed by atoms with Gasteiger partial charge in [0.05, 0.1) is 12.0 Å². The molecule has 2 aliphatic rings. The van der Waals surface area contributed by atoms with E-state index in [4.69, 9.17) is 4.74 Å². The second-order valence-electron chi connectivity index (χ2n) is 6.20. The molecule has 2 bridgehead atoms. The van der Waals surface area contributed by atoms with Crippen LogP contribution in [0.15, 0.2) is 6.07 Å². The van der Waals surface area contributed by atoms with Gasteiger partial charge < -0.3 is 14.7 Å². The summed E-state index contributed by atoms with van der Waals surface area (Å²) in [4.78, 5) is 22.4. The number of aliphatic carboxylic acids is 1. The van der Waals surface area contributed by atoms with Gasteiger partial charge in [-0.05, 0) is 40.0 Å². The monoisotopic (exact) mass is 291 g/mol. The molecule has 3 heterocycles. The number of aromatic nitrogens is 2. The zero-order valence-electron chi connectivity index (χ0n) is 12.6. The Morgan fingerprint density at radius 3 is 2.81 bits per heavy atom. The first kappa shape index (κ1) is 14.1. The minimum atomic E-state index is -0.710. The van der Waals surface area contributed by atoms with Gasteiger partial charge in [0.1, 0.15) is 0 Å². The van der Waals surface area contributed by atoms with Crippen molar-refractivity contribution < 1.29 is 14.6 Å². The Bertz CT molecular complexity index is 561. The smallest absolute Gasteiger partial charge is 0.308 e. The number of rotatable bonds is 4. The van der Waals surface area contributed by atoms with Crippen molar-refractivity contribution in [3.8, 4) is 5.88 Å². The average molecular weight is 291 g/mol. The van der Waals surface area contributed by atoms with Crippen LogP contribution in [0, 0.1) is 12.8 Å². The van der Waals surface area contributed by atoms with Gasteiger partial charge in [0, 0.05) is 23.8 Å². The Labute approximate surface area is 124 Å². The highest BCUT2D eigenvalue weighted by molar-refractivity contribution is 5.73. The number of carboxylic acid groups (broad SMARTS) is 1. The molecule has 0 saturated carbocycles. The van der Waals surface area contributed by atoms with Crippen molar-refractivity contribution in [1.29, 1.82) is 0 Å². The molecule has 0 aliphatic carbocycles. The highest BCUT2D eigenvalue weighted by Gasteiger charge is 2.50. The Morgan fingerprint density at radius 2 is 2.19 bits per heavy atom. The molecule has 2 aliphatic heterocycles. The minimum absolute atomic E-state index is 0.0150. The molecule has 21 heavy (non-hydrogen) atoms. The maximum absolute atomic E-state index is 11.4. The highest BCUT2D eigenvalue weighted by atomic mass is 16.5. The summed E-state index contributed by atoms with van der Waals surface area (Å²) in [6.07, 6.45) is 2.66. The van der Waals surface area contributed by atoms with Gasteiger partial charge in [-0.15, -0.1) is 0 Å². The fraction of sp³-hybridized carbons (Fsp3) is 0.667. The van der Waals surface area contributed by atoms with E-state index in [2.05, 4.69) is 14.9 Å². The molecule has 2 fully saturated rings. The van der Waals surface area contributed by atoms with Crippen LogP contribution in [0.1, 0.15) is 38.8 Å². The summed E-state index contributed by atoms with van der Waals surface area (Å²) >= 11 is 0. The predicted molar refractivity (Wildman–Crippen MR) is 77.6 cm³/mol. The zero-order valence-corrected chi connectivity index (χ0v) is 12.6. The molecular formula is C15H21N3O3. The summed E-state index contributed by atoms with van der Waals surface area (Å²) in [6, 6.07) is 2.07. The fourth-order valence-corrected chi connectivity index (χ4v) is 3.51. The SMILES string of the molecule is Cc1cc(OC(C)C)nc(N2C3CCC2C(C(=O)O)C3)n1. The van der Waals surface area contributed by atoms with E-state index in [1.807, 2.05) is 26.8 Å². The number of carboxylic acids is 1. The first-order chi connectivity index (χ1) is 9.95. The molecule has 2 saturated heterocycles.